The standard InChI is InChI=1S/C18H22FN/c1-12-9-14(3)17(10-13(12)2)18(20-4)11-15-5-7-16(19)8-6-15/h5-10,18,20H,11H2,1-4H3. The Balaban J connectivity index is 2.28. The maximum atomic E-state index is 13.0. The average Bonchev–Trinajstić information content (AvgIpc) is 2.43. The molecule has 1 N–H and O–H groups in total. The van der Waals surface area contributed by atoms with Crippen LogP contribution >= 0.6 is 0 Å². The first-order valence-corrected chi connectivity index (χ1v) is 7.00. The second-order valence-electron chi connectivity index (χ2n) is 5.46. The van der Waals surface area contributed by atoms with Gasteiger partial charge in [0.15, 0.2) is 0 Å². The molecule has 1 nitrogen and oxygen atoms in total. The number of benzene rings is 2. The van der Waals surface area contributed by atoms with E-state index in [0.717, 1.165) is 12.0 Å². The van der Waals surface area contributed by atoms with E-state index in [9.17, 15) is 4.39 Å². The lowest BCUT2D eigenvalue weighted by molar-refractivity contribution is 0.585. The van der Waals surface area contributed by atoms with Gasteiger partial charge in [0, 0.05) is 6.04 Å². The summed E-state index contributed by atoms with van der Waals surface area (Å²) in [4.78, 5) is 0. The van der Waals surface area contributed by atoms with Gasteiger partial charge in [0.2, 0.25) is 0 Å². The summed E-state index contributed by atoms with van der Waals surface area (Å²) in [6.45, 7) is 6.43. The van der Waals surface area contributed by atoms with Gasteiger partial charge in [-0.15, -0.1) is 0 Å². The molecule has 0 amide bonds. The highest BCUT2D eigenvalue weighted by molar-refractivity contribution is 5.39. The quantitative estimate of drug-likeness (QED) is 0.876. The molecule has 0 bridgehead atoms. The van der Waals surface area contributed by atoms with Crippen molar-refractivity contribution in [2.45, 2.75) is 33.2 Å². The first-order chi connectivity index (χ1) is 9.51. The highest BCUT2D eigenvalue weighted by Crippen LogP contribution is 2.24. The molecule has 2 aromatic carbocycles. The van der Waals surface area contributed by atoms with E-state index < -0.39 is 0 Å². The van der Waals surface area contributed by atoms with Gasteiger partial charge in [-0.05, 0) is 74.2 Å². The van der Waals surface area contributed by atoms with Crippen LogP contribution in [-0.4, -0.2) is 7.05 Å². The molecule has 2 heteroatoms. The molecule has 0 saturated heterocycles. The summed E-state index contributed by atoms with van der Waals surface area (Å²) < 4.78 is 13.0. The zero-order valence-corrected chi connectivity index (χ0v) is 12.6. The summed E-state index contributed by atoms with van der Waals surface area (Å²) in [5.74, 6) is -0.183. The zero-order valence-electron chi connectivity index (χ0n) is 12.6. The van der Waals surface area contributed by atoms with Gasteiger partial charge < -0.3 is 5.32 Å². The third-order valence-corrected chi connectivity index (χ3v) is 3.96. The zero-order chi connectivity index (χ0) is 14.7. The summed E-state index contributed by atoms with van der Waals surface area (Å²) in [5, 5.41) is 3.38. The molecule has 0 aliphatic rings. The molecular weight excluding hydrogens is 249 g/mol. The minimum atomic E-state index is -0.183. The van der Waals surface area contributed by atoms with Gasteiger partial charge >= 0.3 is 0 Å². The topological polar surface area (TPSA) is 12.0 Å². The second-order valence-corrected chi connectivity index (χ2v) is 5.46. The Bertz CT molecular complexity index is 587. The Hall–Kier alpha value is -1.67. The predicted molar refractivity (Wildman–Crippen MR) is 82.6 cm³/mol. The molecule has 1 atom stereocenters. The van der Waals surface area contributed by atoms with Crippen LogP contribution in [0.3, 0.4) is 0 Å². The minimum absolute atomic E-state index is 0.183. The van der Waals surface area contributed by atoms with Crippen molar-refractivity contribution in [3.63, 3.8) is 0 Å². The molecule has 0 aromatic heterocycles. The van der Waals surface area contributed by atoms with E-state index in [-0.39, 0.29) is 11.9 Å². The maximum absolute atomic E-state index is 13.0. The van der Waals surface area contributed by atoms with Crippen LogP contribution in [0.15, 0.2) is 36.4 Å². The molecule has 0 fully saturated rings. The van der Waals surface area contributed by atoms with Crippen LogP contribution in [0.4, 0.5) is 4.39 Å². The highest BCUT2D eigenvalue weighted by Gasteiger charge is 2.13. The van der Waals surface area contributed by atoms with Gasteiger partial charge in [-0.25, -0.2) is 4.39 Å². The van der Waals surface area contributed by atoms with Crippen molar-refractivity contribution in [2.24, 2.45) is 0 Å². The van der Waals surface area contributed by atoms with Crippen molar-refractivity contribution in [2.75, 3.05) is 7.05 Å². The van der Waals surface area contributed by atoms with Crippen LogP contribution in [0, 0.1) is 26.6 Å². The van der Waals surface area contributed by atoms with Crippen molar-refractivity contribution < 1.29 is 4.39 Å². The smallest absolute Gasteiger partial charge is 0.123 e. The van der Waals surface area contributed by atoms with Crippen molar-refractivity contribution in [1.29, 1.82) is 0 Å². The molecule has 0 spiro atoms. The van der Waals surface area contributed by atoms with Crippen LogP contribution in [-0.2, 0) is 6.42 Å². The Labute approximate surface area is 120 Å². The van der Waals surface area contributed by atoms with E-state index in [0.29, 0.717) is 0 Å². The second kappa shape index (κ2) is 6.19. The Morgan fingerprint density at radius 3 is 2.15 bits per heavy atom. The normalized spacial score (nSPS) is 12.4. The molecular formula is C18H22FN. The van der Waals surface area contributed by atoms with Crippen molar-refractivity contribution in [1.82, 2.24) is 5.32 Å². The summed E-state index contributed by atoms with van der Waals surface area (Å²) in [5.41, 5.74) is 6.39. The molecule has 2 aromatic rings. The molecule has 2 rings (SSSR count). The van der Waals surface area contributed by atoms with Gasteiger partial charge in [0.25, 0.3) is 0 Å². The van der Waals surface area contributed by atoms with Crippen LogP contribution in [0.2, 0.25) is 0 Å². The van der Waals surface area contributed by atoms with Crippen LogP contribution in [0.25, 0.3) is 0 Å². The van der Waals surface area contributed by atoms with E-state index >= 15 is 0 Å². The lowest BCUT2D eigenvalue weighted by Crippen LogP contribution is -2.20. The van der Waals surface area contributed by atoms with Gasteiger partial charge in [-0.1, -0.05) is 24.3 Å². The highest BCUT2D eigenvalue weighted by atomic mass is 19.1. The molecule has 106 valence electrons. The molecule has 20 heavy (non-hydrogen) atoms. The Kier molecular flexibility index (Phi) is 4.56. The number of nitrogens with one attached hydrogen (secondary N) is 1. The minimum Gasteiger partial charge on any atom is -0.313 e. The van der Waals surface area contributed by atoms with Crippen LogP contribution in [0.1, 0.15) is 33.9 Å². The van der Waals surface area contributed by atoms with Gasteiger partial charge in [0.05, 0.1) is 0 Å². The number of hydrogen-bond donors (Lipinski definition) is 1. The van der Waals surface area contributed by atoms with E-state index in [4.69, 9.17) is 0 Å². The SMILES string of the molecule is CNC(Cc1ccc(F)cc1)c1cc(C)c(C)cc1C. The molecule has 1 unspecified atom stereocenters. The summed E-state index contributed by atoms with van der Waals surface area (Å²) in [6, 6.07) is 11.5. The third kappa shape index (κ3) is 3.26. The van der Waals surface area contributed by atoms with Crippen molar-refractivity contribution in [3.8, 4) is 0 Å². The first-order valence-electron chi connectivity index (χ1n) is 7.00. The molecule has 0 aliphatic heterocycles. The lowest BCUT2D eigenvalue weighted by Gasteiger charge is -2.20. The van der Waals surface area contributed by atoms with Crippen LogP contribution < -0.4 is 5.32 Å². The van der Waals surface area contributed by atoms with Crippen molar-refractivity contribution in [3.05, 3.63) is 70.0 Å². The van der Waals surface area contributed by atoms with E-state index in [1.165, 1.54) is 34.4 Å². The van der Waals surface area contributed by atoms with E-state index in [1.54, 1.807) is 0 Å². The Morgan fingerprint density at radius 2 is 1.55 bits per heavy atom. The summed E-state index contributed by atoms with van der Waals surface area (Å²) >= 11 is 0. The van der Waals surface area contributed by atoms with Gasteiger partial charge in [-0.3, -0.25) is 0 Å². The van der Waals surface area contributed by atoms with Gasteiger partial charge in [0.1, 0.15) is 5.82 Å². The molecule has 0 radical (unpaired) electrons. The molecule has 0 saturated carbocycles. The Morgan fingerprint density at radius 1 is 0.950 bits per heavy atom. The van der Waals surface area contributed by atoms with E-state index in [1.807, 2.05) is 19.2 Å². The fourth-order valence-corrected chi connectivity index (χ4v) is 2.58. The summed E-state index contributed by atoms with van der Waals surface area (Å²) in [6.07, 6.45) is 0.861. The maximum Gasteiger partial charge on any atom is 0.123 e. The number of hydrogen-bond acceptors (Lipinski definition) is 1. The number of aryl methyl sites for hydroxylation is 3. The number of rotatable bonds is 4. The molecule has 0 heterocycles. The third-order valence-electron chi connectivity index (χ3n) is 3.96. The fraction of sp³-hybridized carbons (Fsp3) is 0.333. The van der Waals surface area contributed by atoms with Crippen molar-refractivity contribution >= 4 is 0 Å². The summed E-state index contributed by atoms with van der Waals surface area (Å²) in [7, 11) is 1.98. The fourth-order valence-electron chi connectivity index (χ4n) is 2.58. The lowest BCUT2D eigenvalue weighted by atomic mass is 9.92. The average molecular weight is 271 g/mol. The monoisotopic (exact) mass is 271 g/mol. The first kappa shape index (κ1) is 14.7. The van der Waals surface area contributed by atoms with Gasteiger partial charge in [-0.2, -0.15) is 0 Å². The molecule has 0 aliphatic carbocycles. The predicted octanol–water partition coefficient (Wildman–Crippen LogP) is 4.25. The largest absolute Gasteiger partial charge is 0.313 e. The van der Waals surface area contributed by atoms with E-state index in [2.05, 4.69) is 38.2 Å². The number of halogens is 1. The number of likely N-dealkylation sites (N-methyl/N-ethyl adjacent to an activating group) is 1. The van der Waals surface area contributed by atoms with Crippen LogP contribution in [0.5, 0.6) is 0 Å².